The molecule has 0 aromatic heterocycles. The Hall–Kier alpha value is -1.08. The van der Waals surface area contributed by atoms with Gasteiger partial charge >= 0.3 is 0 Å². The van der Waals surface area contributed by atoms with Gasteiger partial charge in [0.15, 0.2) is 0 Å². The molecule has 1 nitrogen and oxygen atoms in total. The Morgan fingerprint density at radius 2 is 2.25 bits per heavy atom. The van der Waals surface area contributed by atoms with Crippen LogP contribution in [0.15, 0.2) is 30.8 Å². The van der Waals surface area contributed by atoms with E-state index < -0.39 is 0 Å². The van der Waals surface area contributed by atoms with Gasteiger partial charge in [-0.25, -0.2) is 0 Å². The van der Waals surface area contributed by atoms with Crippen molar-refractivity contribution in [1.82, 2.24) is 5.32 Å². The van der Waals surface area contributed by atoms with Crippen LogP contribution < -0.4 is 5.32 Å². The molecule has 86 valence electrons. The fourth-order valence-electron chi connectivity index (χ4n) is 2.67. The zero-order valence-corrected chi connectivity index (χ0v) is 10.1. The fourth-order valence-corrected chi connectivity index (χ4v) is 2.67. The van der Waals surface area contributed by atoms with E-state index >= 15 is 0 Å². The molecule has 1 aliphatic rings. The lowest BCUT2D eigenvalue weighted by Gasteiger charge is -2.29. The quantitative estimate of drug-likeness (QED) is 0.814. The minimum atomic E-state index is 0.627. The minimum absolute atomic E-state index is 0.627. The Labute approximate surface area is 98.6 Å². The van der Waals surface area contributed by atoms with E-state index in [0.29, 0.717) is 5.92 Å². The van der Waals surface area contributed by atoms with Crippen LogP contribution in [0.1, 0.15) is 36.8 Å². The Kier molecular flexibility index (Phi) is 3.79. The first-order chi connectivity index (χ1) is 7.83. The summed E-state index contributed by atoms with van der Waals surface area (Å²) in [5, 5.41) is 3.50. The number of benzene rings is 1. The van der Waals surface area contributed by atoms with Gasteiger partial charge in [0.25, 0.3) is 0 Å². The molecule has 1 aromatic carbocycles. The van der Waals surface area contributed by atoms with Gasteiger partial charge in [-0.3, -0.25) is 0 Å². The summed E-state index contributed by atoms with van der Waals surface area (Å²) in [4.78, 5) is 0. The molecule has 2 rings (SSSR count). The zero-order chi connectivity index (χ0) is 11.4. The maximum absolute atomic E-state index is 3.90. The molecule has 0 aliphatic carbocycles. The van der Waals surface area contributed by atoms with E-state index in [2.05, 4.69) is 43.1 Å². The SMILES string of the molecule is C=Cc1ccccc1C(C)C1CCCNC1. The van der Waals surface area contributed by atoms with Crippen molar-refractivity contribution < 1.29 is 0 Å². The third-order valence-electron chi connectivity index (χ3n) is 3.75. The predicted molar refractivity (Wildman–Crippen MR) is 70.5 cm³/mol. The third kappa shape index (κ3) is 2.35. The molecule has 0 spiro atoms. The van der Waals surface area contributed by atoms with Crippen LogP contribution in [-0.4, -0.2) is 13.1 Å². The molecule has 2 unspecified atom stereocenters. The zero-order valence-electron chi connectivity index (χ0n) is 10.1. The lowest BCUT2D eigenvalue weighted by Crippen LogP contribution is -2.32. The lowest BCUT2D eigenvalue weighted by atomic mass is 9.81. The van der Waals surface area contributed by atoms with Crippen LogP contribution in [0.4, 0.5) is 0 Å². The fraction of sp³-hybridized carbons (Fsp3) is 0.467. The average molecular weight is 215 g/mol. The molecule has 2 atom stereocenters. The van der Waals surface area contributed by atoms with Crippen LogP contribution in [0.3, 0.4) is 0 Å². The summed E-state index contributed by atoms with van der Waals surface area (Å²) in [7, 11) is 0. The van der Waals surface area contributed by atoms with Crippen molar-refractivity contribution in [1.29, 1.82) is 0 Å². The second kappa shape index (κ2) is 5.31. The predicted octanol–water partition coefficient (Wildman–Crippen LogP) is 3.43. The highest BCUT2D eigenvalue weighted by atomic mass is 14.9. The van der Waals surface area contributed by atoms with Crippen LogP contribution in [0.2, 0.25) is 0 Å². The van der Waals surface area contributed by atoms with Crippen molar-refractivity contribution >= 4 is 6.08 Å². The van der Waals surface area contributed by atoms with E-state index in [4.69, 9.17) is 0 Å². The van der Waals surface area contributed by atoms with Crippen LogP contribution >= 0.6 is 0 Å². The first kappa shape index (κ1) is 11.4. The number of nitrogens with one attached hydrogen (secondary N) is 1. The third-order valence-corrected chi connectivity index (χ3v) is 3.75. The molecule has 1 fully saturated rings. The largest absolute Gasteiger partial charge is 0.316 e. The molecule has 1 saturated heterocycles. The maximum atomic E-state index is 3.90. The molecule has 1 heterocycles. The van der Waals surface area contributed by atoms with E-state index in [0.717, 1.165) is 12.5 Å². The van der Waals surface area contributed by atoms with Crippen molar-refractivity contribution in [3.63, 3.8) is 0 Å². The van der Waals surface area contributed by atoms with E-state index in [1.807, 2.05) is 6.08 Å². The highest BCUT2D eigenvalue weighted by Crippen LogP contribution is 2.31. The Morgan fingerprint density at radius 3 is 2.94 bits per heavy atom. The number of hydrogen-bond donors (Lipinski definition) is 1. The van der Waals surface area contributed by atoms with Crippen molar-refractivity contribution in [3.05, 3.63) is 42.0 Å². The monoisotopic (exact) mass is 215 g/mol. The smallest absolute Gasteiger partial charge is 0.00148 e. The van der Waals surface area contributed by atoms with Crippen molar-refractivity contribution in [2.75, 3.05) is 13.1 Å². The maximum Gasteiger partial charge on any atom is -0.00148 e. The van der Waals surface area contributed by atoms with Gasteiger partial charge in [-0.15, -0.1) is 0 Å². The van der Waals surface area contributed by atoms with Crippen LogP contribution in [0.5, 0.6) is 0 Å². The Morgan fingerprint density at radius 1 is 1.44 bits per heavy atom. The summed E-state index contributed by atoms with van der Waals surface area (Å²) >= 11 is 0. The van der Waals surface area contributed by atoms with Gasteiger partial charge in [0, 0.05) is 0 Å². The van der Waals surface area contributed by atoms with Gasteiger partial charge in [0.1, 0.15) is 0 Å². The summed E-state index contributed by atoms with van der Waals surface area (Å²) in [6, 6.07) is 8.63. The molecule has 0 bridgehead atoms. The summed E-state index contributed by atoms with van der Waals surface area (Å²) in [5.74, 6) is 1.40. The normalized spacial score (nSPS) is 22.7. The summed E-state index contributed by atoms with van der Waals surface area (Å²) < 4.78 is 0. The molecule has 1 N–H and O–H groups in total. The minimum Gasteiger partial charge on any atom is -0.316 e. The molecule has 0 saturated carbocycles. The van der Waals surface area contributed by atoms with Crippen molar-refractivity contribution in [2.45, 2.75) is 25.7 Å². The number of rotatable bonds is 3. The highest BCUT2D eigenvalue weighted by molar-refractivity contribution is 5.52. The van der Waals surface area contributed by atoms with E-state index in [-0.39, 0.29) is 0 Å². The second-order valence-electron chi connectivity index (χ2n) is 4.73. The van der Waals surface area contributed by atoms with E-state index in [1.165, 1.54) is 30.5 Å². The number of piperidine rings is 1. The summed E-state index contributed by atoms with van der Waals surface area (Å²) in [6.07, 6.45) is 4.63. The molecule has 0 amide bonds. The van der Waals surface area contributed by atoms with Crippen molar-refractivity contribution in [2.24, 2.45) is 5.92 Å². The second-order valence-corrected chi connectivity index (χ2v) is 4.73. The van der Waals surface area contributed by atoms with Crippen LogP contribution in [0.25, 0.3) is 6.08 Å². The topological polar surface area (TPSA) is 12.0 Å². The van der Waals surface area contributed by atoms with Crippen molar-refractivity contribution in [3.8, 4) is 0 Å². The van der Waals surface area contributed by atoms with Crippen LogP contribution in [-0.2, 0) is 0 Å². The van der Waals surface area contributed by atoms with Gasteiger partial charge < -0.3 is 5.32 Å². The van der Waals surface area contributed by atoms with Gasteiger partial charge in [-0.1, -0.05) is 43.8 Å². The molecule has 1 heteroatoms. The molecular formula is C15H21N. The molecule has 1 aromatic rings. The lowest BCUT2D eigenvalue weighted by molar-refractivity contribution is 0.334. The highest BCUT2D eigenvalue weighted by Gasteiger charge is 2.22. The first-order valence-electron chi connectivity index (χ1n) is 6.25. The van der Waals surface area contributed by atoms with E-state index in [9.17, 15) is 0 Å². The van der Waals surface area contributed by atoms with E-state index in [1.54, 1.807) is 0 Å². The van der Waals surface area contributed by atoms with Gasteiger partial charge in [0.2, 0.25) is 0 Å². The average Bonchev–Trinajstić information content (AvgIpc) is 2.39. The van der Waals surface area contributed by atoms with Gasteiger partial charge in [-0.2, -0.15) is 0 Å². The van der Waals surface area contributed by atoms with Gasteiger partial charge in [0.05, 0.1) is 0 Å². The van der Waals surface area contributed by atoms with Crippen LogP contribution in [0, 0.1) is 5.92 Å². The summed E-state index contributed by atoms with van der Waals surface area (Å²) in [5.41, 5.74) is 2.74. The molecule has 1 aliphatic heterocycles. The number of hydrogen-bond acceptors (Lipinski definition) is 1. The van der Waals surface area contributed by atoms with Gasteiger partial charge in [-0.05, 0) is 48.9 Å². The molecule has 16 heavy (non-hydrogen) atoms. The summed E-state index contributed by atoms with van der Waals surface area (Å²) in [6.45, 7) is 8.60. The standard InChI is InChI=1S/C15H21N/c1-3-13-7-4-5-9-15(13)12(2)14-8-6-10-16-11-14/h3-5,7,9,12,14,16H,1,6,8,10-11H2,2H3. The molecular weight excluding hydrogens is 194 g/mol. The Balaban J connectivity index is 2.18. The molecule has 0 radical (unpaired) electrons. The Bertz CT molecular complexity index is 350. The first-order valence-corrected chi connectivity index (χ1v) is 6.25.